The first-order valence-corrected chi connectivity index (χ1v) is 14.6. The van der Waals surface area contributed by atoms with E-state index in [2.05, 4.69) is 21.3 Å². The lowest BCUT2D eigenvalue weighted by Crippen LogP contribution is -2.53. The third-order valence-electron chi connectivity index (χ3n) is 7.86. The molecule has 4 amide bonds. The molecule has 232 valence electrons. The Morgan fingerprint density at radius 3 is 2.60 bits per heavy atom. The molecule has 2 aliphatic heterocycles. The fraction of sp³-hybridized carbons (Fsp3) is 0.484. The fourth-order valence-corrected chi connectivity index (χ4v) is 5.31. The SMILES string of the molecule is C[C@@H](O)[C@@H]1NC(=O)CC[C@@H](C(=O)NCC2(c3cccc(F)c3)CCOCC2)NC(=O)c2ccccc2OCCCNC1=O. The summed E-state index contributed by atoms with van der Waals surface area (Å²) in [6.07, 6.45) is 0.0637. The fourth-order valence-electron chi connectivity index (χ4n) is 5.31. The van der Waals surface area contributed by atoms with Gasteiger partial charge in [-0.05, 0) is 62.4 Å². The molecule has 0 saturated carbocycles. The average Bonchev–Trinajstić information content (AvgIpc) is 3.00. The zero-order valence-electron chi connectivity index (χ0n) is 24.2. The van der Waals surface area contributed by atoms with Crippen LogP contribution in [-0.2, 0) is 24.5 Å². The molecule has 0 unspecified atom stereocenters. The minimum atomic E-state index is -1.19. The van der Waals surface area contributed by atoms with Crippen LogP contribution in [0, 0.1) is 5.82 Å². The lowest BCUT2D eigenvalue weighted by atomic mass is 9.74. The quantitative estimate of drug-likeness (QED) is 0.348. The van der Waals surface area contributed by atoms with Gasteiger partial charge in [-0.2, -0.15) is 0 Å². The lowest BCUT2D eigenvalue weighted by molar-refractivity contribution is -0.132. The molecule has 0 aliphatic carbocycles. The number of hydrogen-bond donors (Lipinski definition) is 5. The molecule has 2 aromatic rings. The van der Waals surface area contributed by atoms with Crippen molar-refractivity contribution >= 4 is 23.6 Å². The van der Waals surface area contributed by atoms with E-state index in [1.807, 2.05) is 6.07 Å². The van der Waals surface area contributed by atoms with Gasteiger partial charge in [-0.3, -0.25) is 19.2 Å². The molecule has 1 fully saturated rings. The second kappa shape index (κ2) is 14.9. The molecule has 1 saturated heterocycles. The summed E-state index contributed by atoms with van der Waals surface area (Å²) in [5, 5.41) is 21.0. The van der Waals surface area contributed by atoms with Crippen molar-refractivity contribution in [3.8, 4) is 5.75 Å². The summed E-state index contributed by atoms with van der Waals surface area (Å²) in [5.74, 6) is -2.25. The standard InChI is InChI=1S/C31H39FN4O7/c1-20(37)27-30(41)33-14-5-15-43-25-9-3-2-8-23(25)28(39)35-24(10-11-26(38)36-27)29(40)34-19-31(12-16-42-17-13-31)21-6-4-7-22(32)18-21/h2-4,6-9,18,20,24,27,37H,5,10-17,19H2,1H3,(H,33,41)(H,34,40)(H,35,39)(H,36,38)/t20-,24+,27+/m1/s1. The van der Waals surface area contributed by atoms with Crippen LogP contribution < -0.4 is 26.0 Å². The van der Waals surface area contributed by atoms with Crippen molar-refractivity contribution in [1.82, 2.24) is 21.3 Å². The van der Waals surface area contributed by atoms with E-state index in [0.29, 0.717) is 38.2 Å². The molecule has 2 heterocycles. The van der Waals surface area contributed by atoms with Gasteiger partial charge in [0, 0.05) is 38.1 Å². The lowest BCUT2D eigenvalue weighted by Gasteiger charge is -2.38. The Labute approximate surface area is 249 Å². The number of para-hydroxylation sites is 1. The maximum atomic E-state index is 14.1. The minimum absolute atomic E-state index is 0.0867. The molecule has 3 atom stereocenters. The third-order valence-corrected chi connectivity index (χ3v) is 7.86. The van der Waals surface area contributed by atoms with E-state index >= 15 is 0 Å². The summed E-state index contributed by atoms with van der Waals surface area (Å²) < 4.78 is 25.5. The minimum Gasteiger partial charge on any atom is -0.493 e. The number of halogens is 1. The number of fused-ring (bicyclic) bond motifs is 1. The molecule has 4 rings (SSSR count). The van der Waals surface area contributed by atoms with Crippen LogP contribution in [0.1, 0.15) is 54.9 Å². The van der Waals surface area contributed by atoms with Gasteiger partial charge in [0.1, 0.15) is 23.7 Å². The van der Waals surface area contributed by atoms with Crippen molar-refractivity contribution in [2.24, 2.45) is 0 Å². The Kier molecular flexibility index (Phi) is 11.1. The third kappa shape index (κ3) is 8.51. The van der Waals surface area contributed by atoms with Crippen LogP contribution in [0.2, 0.25) is 0 Å². The molecule has 0 radical (unpaired) electrons. The highest BCUT2D eigenvalue weighted by Crippen LogP contribution is 2.34. The molecule has 0 aromatic heterocycles. The second-order valence-electron chi connectivity index (χ2n) is 11.0. The molecule has 2 aliphatic rings. The van der Waals surface area contributed by atoms with Gasteiger partial charge in [0.25, 0.3) is 5.91 Å². The molecular weight excluding hydrogens is 559 g/mol. The number of ether oxygens (including phenoxy) is 2. The van der Waals surface area contributed by atoms with Crippen molar-refractivity contribution in [3.05, 3.63) is 65.5 Å². The van der Waals surface area contributed by atoms with Gasteiger partial charge in [0.15, 0.2) is 0 Å². The molecule has 5 N–H and O–H groups in total. The molecule has 12 heteroatoms. The van der Waals surface area contributed by atoms with Gasteiger partial charge in [-0.15, -0.1) is 0 Å². The van der Waals surface area contributed by atoms with E-state index in [-0.39, 0.29) is 43.9 Å². The van der Waals surface area contributed by atoms with E-state index in [1.54, 1.807) is 30.3 Å². The number of carbonyl (C=O) groups excluding carboxylic acids is 4. The number of rotatable bonds is 5. The summed E-state index contributed by atoms with van der Waals surface area (Å²) in [5.41, 5.74) is 0.385. The van der Waals surface area contributed by atoms with Crippen LogP contribution in [0.25, 0.3) is 0 Å². The van der Waals surface area contributed by atoms with E-state index in [0.717, 1.165) is 5.56 Å². The molecule has 0 bridgehead atoms. The summed E-state index contributed by atoms with van der Waals surface area (Å²) >= 11 is 0. The smallest absolute Gasteiger partial charge is 0.255 e. The van der Waals surface area contributed by atoms with Crippen LogP contribution in [0.3, 0.4) is 0 Å². The van der Waals surface area contributed by atoms with E-state index in [9.17, 15) is 28.7 Å². The van der Waals surface area contributed by atoms with Gasteiger partial charge in [0.2, 0.25) is 17.7 Å². The first kappa shape index (κ1) is 31.9. The van der Waals surface area contributed by atoms with Crippen molar-refractivity contribution in [3.63, 3.8) is 0 Å². The number of benzene rings is 2. The van der Waals surface area contributed by atoms with Gasteiger partial charge in [0.05, 0.1) is 18.3 Å². The predicted molar refractivity (Wildman–Crippen MR) is 155 cm³/mol. The average molecular weight is 599 g/mol. The zero-order valence-corrected chi connectivity index (χ0v) is 24.2. The molecule has 11 nitrogen and oxygen atoms in total. The monoisotopic (exact) mass is 598 g/mol. The largest absolute Gasteiger partial charge is 0.493 e. The maximum absolute atomic E-state index is 14.1. The second-order valence-corrected chi connectivity index (χ2v) is 11.0. The van der Waals surface area contributed by atoms with E-state index in [1.165, 1.54) is 19.1 Å². The van der Waals surface area contributed by atoms with Gasteiger partial charge in [-0.25, -0.2) is 4.39 Å². The maximum Gasteiger partial charge on any atom is 0.255 e. The van der Waals surface area contributed by atoms with Gasteiger partial charge in [-0.1, -0.05) is 24.3 Å². The Morgan fingerprint density at radius 1 is 1.09 bits per heavy atom. The summed E-state index contributed by atoms with van der Waals surface area (Å²) in [7, 11) is 0. The van der Waals surface area contributed by atoms with Crippen molar-refractivity contribution in [1.29, 1.82) is 0 Å². The molecule has 43 heavy (non-hydrogen) atoms. The van der Waals surface area contributed by atoms with Crippen molar-refractivity contribution < 1.29 is 38.1 Å². The van der Waals surface area contributed by atoms with Crippen LogP contribution in [-0.4, -0.2) is 79.8 Å². The van der Waals surface area contributed by atoms with Gasteiger partial charge >= 0.3 is 0 Å². The molecular formula is C31H39FN4O7. The highest BCUT2D eigenvalue weighted by Gasteiger charge is 2.36. The molecule has 0 spiro atoms. The van der Waals surface area contributed by atoms with Crippen LogP contribution >= 0.6 is 0 Å². The van der Waals surface area contributed by atoms with Crippen molar-refractivity contribution in [2.75, 3.05) is 32.9 Å². The summed E-state index contributed by atoms with van der Waals surface area (Å²) in [6.45, 7) is 2.87. The Morgan fingerprint density at radius 2 is 1.86 bits per heavy atom. The molecule has 2 aromatic carbocycles. The van der Waals surface area contributed by atoms with E-state index in [4.69, 9.17) is 9.47 Å². The number of hydrogen-bond acceptors (Lipinski definition) is 7. The van der Waals surface area contributed by atoms with Crippen LogP contribution in [0.4, 0.5) is 4.39 Å². The van der Waals surface area contributed by atoms with Crippen LogP contribution in [0.5, 0.6) is 5.75 Å². The highest BCUT2D eigenvalue weighted by molar-refractivity contribution is 5.99. The van der Waals surface area contributed by atoms with Crippen LogP contribution in [0.15, 0.2) is 48.5 Å². The summed E-state index contributed by atoms with van der Waals surface area (Å²) in [4.78, 5) is 52.5. The number of aliphatic hydroxyl groups is 1. The normalized spacial score (nSPS) is 22.5. The predicted octanol–water partition coefficient (Wildman–Crippen LogP) is 1.33. The van der Waals surface area contributed by atoms with Crippen molar-refractivity contribution in [2.45, 2.75) is 62.6 Å². The first-order chi connectivity index (χ1) is 20.7. The van der Waals surface area contributed by atoms with Gasteiger partial charge < -0.3 is 35.8 Å². The Hall–Kier alpha value is -4.03. The first-order valence-electron chi connectivity index (χ1n) is 14.6. The zero-order chi connectivity index (χ0) is 30.8. The Balaban J connectivity index is 1.56. The van der Waals surface area contributed by atoms with E-state index < -0.39 is 47.2 Å². The Bertz CT molecular complexity index is 1300. The summed E-state index contributed by atoms with van der Waals surface area (Å²) in [6, 6.07) is 10.6. The number of aliphatic hydroxyl groups excluding tert-OH is 1. The number of carbonyl (C=O) groups is 4. The number of nitrogens with one attached hydrogen (secondary N) is 4. The highest BCUT2D eigenvalue weighted by atomic mass is 19.1. The topological polar surface area (TPSA) is 155 Å². The number of amides is 4.